The van der Waals surface area contributed by atoms with Crippen LogP contribution in [-0.2, 0) is 16.8 Å². The van der Waals surface area contributed by atoms with Gasteiger partial charge in [0.15, 0.2) is 0 Å². The number of hydrogen-bond acceptors (Lipinski definition) is 4. The normalized spacial score (nSPS) is 20.1. The molecule has 1 heterocycles. The van der Waals surface area contributed by atoms with E-state index in [2.05, 4.69) is 29.3 Å². The molecule has 0 saturated heterocycles. The van der Waals surface area contributed by atoms with Gasteiger partial charge in [0.05, 0.1) is 12.5 Å². The first kappa shape index (κ1) is 19.8. The minimum Gasteiger partial charge on any atom is -0.497 e. The molecule has 0 unspecified atom stereocenters. The predicted molar refractivity (Wildman–Crippen MR) is 113 cm³/mol. The number of nitrogens with zero attached hydrogens (tertiary/aromatic N) is 1. The van der Waals surface area contributed by atoms with Crippen LogP contribution in [0, 0.1) is 0 Å². The minimum absolute atomic E-state index is 0.152. The number of carbonyl (C=O) groups is 1. The first-order valence-corrected chi connectivity index (χ1v) is 10.5. The van der Waals surface area contributed by atoms with Crippen molar-refractivity contribution >= 4 is 5.91 Å². The fraction of sp³-hybridized carbons (Fsp3) is 0.458. The minimum atomic E-state index is -0.310. The standard InChI is InChI=1S/C24H30N2O3/c1-3-20-17-26(16-18-15-21(28-2)9-10-22(18)29-20)14-13-25-23(27)24(11-12-24)19-7-5-4-6-8-19/h4-10,15,20H,3,11-14,16-17H2,1-2H3,(H,25,27)/t20-/m1/s1. The summed E-state index contributed by atoms with van der Waals surface area (Å²) in [5, 5.41) is 3.18. The lowest BCUT2D eigenvalue weighted by atomic mass is 9.95. The Morgan fingerprint density at radius 2 is 2.03 bits per heavy atom. The van der Waals surface area contributed by atoms with E-state index in [-0.39, 0.29) is 17.4 Å². The van der Waals surface area contributed by atoms with Gasteiger partial charge < -0.3 is 14.8 Å². The highest BCUT2D eigenvalue weighted by atomic mass is 16.5. The fourth-order valence-corrected chi connectivity index (χ4v) is 4.14. The zero-order valence-corrected chi connectivity index (χ0v) is 17.3. The summed E-state index contributed by atoms with van der Waals surface area (Å²) in [6, 6.07) is 16.1. The van der Waals surface area contributed by atoms with Crippen molar-refractivity contribution in [1.82, 2.24) is 10.2 Å². The summed E-state index contributed by atoms with van der Waals surface area (Å²) >= 11 is 0. The van der Waals surface area contributed by atoms with Crippen molar-refractivity contribution in [3.8, 4) is 11.5 Å². The summed E-state index contributed by atoms with van der Waals surface area (Å²) in [6.07, 6.45) is 2.97. The van der Waals surface area contributed by atoms with Gasteiger partial charge in [0.2, 0.25) is 5.91 Å². The Morgan fingerprint density at radius 1 is 1.24 bits per heavy atom. The smallest absolute Gasteiger partial charge is 0.230 e. The van der Waals surface area contributed by atoms with E-state index in [9.17, 15) is 4.79 Å². The largest absolute Gasteiger partial charge is 0.497 e. The van der Waals surface area contributed by atoms with Crippen LogP contribution in [0.5, 0.6) is 11.5 Å². The van der Waals surface area contributed by atoms with Crippen molar-refractivity contribution in [2.24, 2.45) is 0 Å². The molecule has 2 aromatic rings. The number of amides is 1. The SMILES string of the molecule is CC[C@@H]1CN(CCNC(=O)C2(c3ccccc3)CC2)Cc2cc(OC)ccc2O1. The molecule has 2 aliphatic rings. The maximum atomic E-state index is 12.9. The average Bonchev–Trinajstić information content (AvgIpc) is 3.58. The van der Waals surface area contributed by atoms with E-state index >= 15 is 0 Å². The van der Waals surface area contributed by atoms with Crippen molar-refractivity contribution in [3.05, 3.63) is 59.7 Å². The molecule has 0 aromatic heterocycles. The Labute approximate surface area is 173 Å². The fourth-order valence-electron chi connectivity index (χ4n) is 4.14. The molecule has 5 heteroatoms. The van der Waals surface area contributed by atoms with Gasteiger partial charge in [-0.25, -0.2) is 0 Å². The van der Waals surface area contributed by atoms with Crippen LogP contribution in [0.25, 0.3) is 0 Å². The van der Waals surface area contributed by atoms with Crippen LogP contribution in [-0.4, -0.2) is 43.7 Å². The molecule has 29 heavy (non-hydrogen) atoms. The lowest BCUT2D eigenvalue weighted by Gasteiger charge is -2.24. The van der Waals surface area contributed by atoms with E-state index < -0.39 is 0 Å². The lowest BCUT2D eigenvalue weighted by Crippen LogP contribution is -2.41. The third-order valence-electron chi connectivity index (χ3n) is 6.10. The van der Waals surface area contributed by atoms with Crippen LogP contribution in [0.1, 0.15) is 37.3 Å². The van der Waals surface area contributed by atoms with Crippen LogP contribution in [0.4, 0.5) is 0 Å². The molecule has 1 saturated carbocycles. The van der Waals surface area contributed by atoms with Gasteiger partial charge in [0.25, 0.3) is 0 Å². The maximum Gasteiger partial charge on any atom is 0.230 e. The molecule has 1 atom stereocenters. The molecule has 5 nitrogen and oxygen atoms in total. The second-order valence-corrected chi connectivity index (χ2v) is 8.06. The average molecular weight is 395 g/mol. The molecule has 0 spiro atoms. The molecule has 154 valence electrons. The molecule has 0 radical (unpaired) electrons. The summed E-state index contributed by atoms with van der Waals surface area (Å²) in [5.74, 6) is 1.93. The van der Waals surface area contributed by atoms with Crippen LogP contribution < -0.4 is 14.8 Å². The Kier molecular flexibility index (Phi) is 5.76. The van der Waals surface area contributed by atoms with E-state index in [0.717, 1.165) is 61.5 Å². The van der Waals surface area contributed by atoms with Gasteiger partial charge >= 0.3 is 0 Å². The quantitative estimate of drug-likeness (QED) is 0.781. The molecule has 1 N–H and O–H groups in total. The number of nitrogens with one attached hydrogen (secondary N) is 1. The monoisotopic (exact) mass is 394 g/mol. The van der Waals surface area contributed by atoms with Gasteiger partial charge in [0.1, 0.15) is 17.6 Å². The van der Waals surface area contributed by atoms with Gasteiger partial charge in [-0.3, -0.25) is 9.69 Å². The molecule has 1 amide bonds. The second-order valence-electron chi connectivity index (χ2n) is 8.06. The number of rotatable bonds is 7. The molecule has 4 rings (SSSR count). The first-order chi connectivity index (χ1) is 14.1. The Hall–Kier alpha value is -2.53. The van der Waals surface area contributed by atoms with Crippen molar-refractivity contribution in [2.45, 2.75) is 44.2 Å². The van der Waals surface area contributed by atoms with E-state index in [1.807, 2.05) is 36.4 Å². The van der Waals surface area contributed by atoms with Crippen LogP contribution in [0.15, 0.2) is 48.5 Å². The zero-order chi connectivity index (χ0) is 20.3. The Bertz CT molecular complexity index is 848. The Morgan fingerprint density at radius 3 is 2.72 bits per heavy atom. The zero-order valence-electron chi connectivity index (χ0n) is 17.3. The predicted octanol–water partition coefficient (Wildman–Crippen LogP) is 3.52. The molecule has 0 bridgehead atoms. The highest BCUT2D eigenvalue weighted by Crippen LogP contribution is 2.48. The number of carbonyl (C=O) groups excluding carboxylic acids is 1. The highest BCUT2D eigenvalue weighted by molar-refractivity contribution is 5.91. The van der Waals surface area contributed by atoms with E-state index in [1.165, 1.54) is 0 Å². The molecule has 1 aliphatic heterocycles. The number of methoxy groups -OCH3 is 1. The van der Waals surface area contributed by atoms with Gasteiger partial charge in [-0.2, -0.15) is 0 Å². The van der Waals surface area contributed by atoms with Crippen LogP contribution >= 0.6 is 0 Å². The molecular weight excluding hydrogens is 364 g/mol. The summed E-state index contributed by atoms with van der Waals surface area (Å²) in [7, 11) is 1.68. The number of hydrogen-bond donors (Lipinski definition) is 1. The van der Waals surface area contributed by atoms with Crippen molar-refractivity contribution < 1.29 is 14.3 Å². The first-order valence-electron chi connectivity index (χ1n) is 10.5. The summed E-state index contributed by atoms with van der Waals surface area (Å²) in [5.41, 5.74) is 1.96. The number of benzene rings is 2. The summed E-state index contributed by atoms with van der Waals surface area (Å²) < 4.78 is 11.6. The number of ether oxygens (including phenoxy) is 2. The van der Waals surface area contributed by atoms with Crippen molar-refractivity contribution in [3.63, 3.8) is 0 Å². The van der Waals surface area contributed by atoms with Gasteiger partial charge in [-0.1, -0.05) is 37.3 Å². The summed E-state index contributed by atoms with van der Waals surface area (Å²) in [6.45, 7) is 5.24. The van der Waals surface area contributed by atoms with Crippen molar-refractivity contribution in [1.29, 1.82) is 0 Å². The summed E-state index contributed by atoms with van der Waals surface area (Å²) in [4.78, 5) is 15.2. The third kappa shape index (κ3) is 4.25. The Balaban J connectivity index is 1.38. The maximum absolute atomic E-state index is 12.9. The lowest BCUT2D eigenvalue weighted by molar-refractivity contribution is -0.123. The second kappa shape index (κ2) is 8.46. The van der Waals surface area contributed by atoms with Crippen LogP contribution in [0.2, 0.25) is 0 Å². The highest BCUT2D eigenvalue weighted by Gasteiger charge is 2.50. The van der Waals surface area contributed by atoms with E-state index in [4.69, 9.17) is 9.47 Å². The molecular formula is C24H30N2O3. The topological polar surface area (TPSA) is 50.8 Å². The van der Waals surface area contributed by atoms with Crippen LogP contribution in [0.3, 0.4) is 0 Å². The van der Waals surface area contributed by atoms with Gasteiger partial charge in [-0.05, 0) is 43.0 Å². The molecule has 1 fully saturated rings. The van der Waals surface area contributed by atoms with E-state index in [0.29, 0.717) is 6.54 Å². The van der Waals surface area contributed by atoms with Gasteiger partial charge in [0, 0.05) is 31.7 Å². The third-order valence-corrected chi connectivity index (χ3v) is 6.10. The number of fused-ring (bicyclic) bond motifs is 1. The van der Waals surface area contributed by atoms with E-state index in [1.54, 1.807) is 7.11 Å². The molecule has 1 aliphatic carbocycles. The van der Waals surface area contributed by atoms with Gasteiger partial charge in [-0.15, -0.1) is 0 Å². The molecule has 2 aromatic carbocycles. The van der Waals surface area contributed by atoms with Crippen molar-refractivity contribution in [2.75, 3.05) is 26.7 Å².